The summed E-state index contributed by atoms with van der Waals surface area (Å²) in [7, 11) is 3.32. The van der Waals surface area contributed by atoms with E-state index in [0.29, 0.717) is 24.5 Å². The van der Waals surface area contributed by atoms with E-state index >= 15 is 0 Å². The van der Waals surface area contributed by atoms with Gasteiger partial charge in [-0.25, -0.2) is 4.79 Å². The molecule has 0 atom stereocenters. The van der Waals surface area contributed by atoms with Gasteiger partial charge in [-0.15, -0.1) is 0 Å². The van der Waals surface area contributed by atoms with Gasteiger partial charge in [0.15, 0.2) is 0 Å². The van der Waals surface area contributed by atoms with E-state index in [1.54, 1.807) is 26.4 Å². The van der Waals surface area contributed by atoms with Crippen LogP contribution in [-0.2, 0) is 13.2 Å². The second kappa shape index (κ2) is 10.7. The van der Waals surface area contributed by atoms with E-state index in [1.165, 1.54) is 5.69 Å². The summed E-state index contributed by atoms with van der Waals surface area (Å²) in [6, 6.07) is 23.2. The lowest BCUT2D eigenvalue weighted by Crippen LogP contribution is -2.46. The van der Waals surface area contributed by atoms with Crippen LogP contribution in [0.25, 0.3) is 11.0 Å². The lowest BCUT2D eigenvalue weighted by atomic mass is 10.1. The molecule has 0 aliphatic carbocycles. The largest absolute Gasteiger partial charge is 0.497 e. The fraction of sp³-hybridized carbons (Fsp3) is 0.276. The van der Waals surface area contributed by atoms with Gasteiger partial charge in [-0.3, -0.25) is 4.90 Å². The molecule has 1 aliphatic heterocycles. The number of hydrogen-bond acceptors (Lipinski definition) is 7. The Morgan fingerprint density at radius 1 is 0.806 bits per heavy atom. The molecule has 0 amide bonds. The molecule has 0 radical (unpaired) electrons. The van der Waals surface area contributed by atoms with E-state index in [-0.39, 0.29) is 5.63 Å². The summed E-state index contributed by atoms with van der Waals surface area (Å²) in [6.45, 7) is 4.76. The van der Waals surface area contributed by atoms with Crippen molar-refractivity contribution >= 4 is 16.7 Å². The minimum absolute atomic E-state index is 0.348. The molecule has 1 fully saturated rings. The highest BCUT2D eigenvalue weighted by atomic mass is 16.5. The Kier molecular flexibility index (Phi) is 7.09. The Bertz CT molecular complexity index is 1370. The van der Waals surface area contributed by atoms with Crippen molar-refractivity contribution < 1.29 is 18.6 Å². The molecule has 2 heterocycles. The number of benzene rings is 3. The predicted molar refractivity (Wildman–Crippen MR) is 140 cm³/mol. The van der Waals surface area contributed by atoms with Gasteiger partial charge >= 0.3 is 5.63 Å². The number of rotatable bonds is 8. The summed E-state index contributed by atoms with van der Waals surface area (Å²) < 4.78 is 22.0. The molecule has 4 aromatic rings. The molecule has 7 heteroatoms. The lowest BCUT2D eigenvalue weighted by molar-refractivity contribution is 0.250. The number of anilines is 1. The molecule has 186 valence electrons. The molecule has 1 saturated heterocycles. The summed E-state index contributed by atoms with van der Waals surface area (Å²) in [5.41, 5.74) is 3.36. The number of ether oxygens (including phenoxy) is 3. The second-order valence-electron chi connectivity index (χ2n) is 8.85. The first-order valence-electron chi connectivity index (χ1n) is 12.0. The number of nitrogens with zero attached hydrogens (tertiary/aromatic N) is 2. The smallest absolute Gasteiger partial charge is 0.336 e. The van der Waals surface area contributed by atoms with Crippen LogP contribution < -0.4 is 24.7 Å². The topological polar surface area (TPSA) is 64.4 Å². The van der Waals surface area contributed by atoms with Gasteiger partial charge in [0.2, 0.25) is 0 Å². The first kappa shape index (κ1) is 23.8. The van der Waals surface area contributed by atoms with Gasteiger partial charge in [0.25, 0.3) is 0 Å². The minimum Gasteiger partial charge on any atom is -0.497 e. The quantitative estimate of drug-likeness (QED) is 0.334. The van der Waals surface area contributed by atoms with Crippen LogP contribution in [-0.4, -0.2) is 45.3 Å². The zero-order valence-corrected chi connectivity index (χ0v) is 20.6. The van der Waals surface area contributed by atoms with Gasteiger partial charge in [0, 0.05) is 55.9 Å². The van der Waals surface area contributed by atoms with Crippen molar-refractivity contribution in [2.75, 3.05) is 45.3 Å². The molecule has 7 nitrogen and oxygen atoms in total. The van der Waals surface area contributed by atoms with Gasteiger partial charge in [0.1, 0.15) is 29.4 Å². The lowest BCUT2D eigenvalue weighted by Gasteiger charge is -2.36. The molecule has 0 unspecified atom stereocenters. The van der Waals surface area contributed by atoms with Crippen molar-refractivity contribution in [3.8, 4) is 17.2 Å². The maximum absolute atomic E-state index is 12.3. The molecule has 0 N–H and O–H groups in total. The number of methoxy groups -OCH3 is 2. The minimum atomic E-state index is -0.348. The van der Waals surface area contributed by atoms with Gasteiger partial charge in [-0.2, -0.15) is 0 Å². The van der Waals surface area contributed by atoms with E-state index in [9.17, 15) is 4.79 Å². The Balaban J connectivity index is 1.25. The summed E-state index contributed by atoms with van der Waals surface area (Å²) in [6.07, 6.45) is 0. The highest BCUT2D eigenvalue weighted by Gasteiger charge is 2.19. The van der Waals surface area contributed by atoms with Crippen molar-refractivity contribution in [3.05, 3.63) is 94.3 Å². The third kappa shape index (κ3) is 5.47. The normalized spacial score (nSPS) is 14.1. The molecular weight excluding hydrogens is 456 g/mol. The highest BCUT2D eigenvalue weighted by molar-refractivity contribution is 5.81. The molecule has 0 saturated carbocycles. The van der Waals surface area contributed by atoms with Crippen molar-refractivity contribution in [3.63, 3.8) is 0 Å². The second-order valence-corrected chi connectivity index (χ2v) is 8.85. The van der Waals surface area contributed by atoms with Crippen LogP contribution >= 0.6 is 0 Å². The van der Waals surface area contributed by atoms with Crippen LogP contribution in [0.4, 0.5) is 5.69 Å². The average molecular weight is 487 g/mol. The Hall–Kier alpha value is -3.97. The van der Waals surface area contributed by atoms with Crippen LogP contribution in [0.1, 0.15) is 11.1 Å². The van der Waals surface area contributed by atoms with Crippen molar-refractivity contribution in [1.29, 1.82) is 0 Å². The van der Waals surface area contributed by atoms with Crippen LogP contribution in [0, 0.1) is 0 Å². The van der Waals surface area contributed by atoms with Crippen molar-refractivity contribution in [2.45, 2.75) is 13.2 Å². The molecule has 36 heavy (non-hydrogen) atoms. The third-order valence-corrected chi connectivity index (χ3v) is 6.55. The number of hydrogen-bond donors (Lipinski definition) is 0. The van der Waals surface area contributed by atoms with Gasteiger partial charge in [0.05, 0.1) is 14.2 Å². The van der Waals surface area contributed by atoms with E-state index in [0.717, 1.165) is 54.2 Å². The molecule has 0 spiro atoms. The highest BCUT2D eigenvalue weighted by Crippen LogP contribution is 2.26. The zero-order chi connectivity index (χ0) is 24.9. The SMILES string of the molecule is COc1ccc(N2CCN(Cc3cc(=O)oc4cc(OCc5cccc(OC)c5)ccc34)CC2)cc1. The number of fused-ring (bicyclic) bond motifs is 1. The van der Waals surface area contributed by atoms with E-state index in [4.69, 9.17) is 18.6 Å². The van der Waals surface area contributed by atoms with Crippen LogP contribution in [0.3, 0.4) is 0 Å². The molecule has 0 bridgehead atoms. The first-order valence-corrected chi connectivity index (χ1v) is 12.0. The first-order chi connectivity index (χ1) is 17.6. The Morgan fingerprint density at radius 2 is 1.56 bits per heavy atom. The predicted octanol–water partition coefficient (Wildman–Crippen LogP) is 4.71. The molecule has 1 aliphatic rings. The summed E-state index contributed by atoms with van der Waals surface area (Å²) in [4.78, 5) is 17.1. The van der Waals surface area contributed by atoms with Crippen LogP contribution in [0.2, 0.25) is 0 Å². The van der Waals surface area contributed by atoms with Crippen LogP contribution in [0.15, 0.2) is 82.0 Å². The van der Waals surface area contributed by atoms with Crippen LogP contribution in [0.5, 0.6) is 17.2 Å². The number of piperazine rings is 1. The summed E-state index contributed by atoms with van der Waals surface area (Å²) in [5, 5.41) is 0.931. The Labute approximate surface area is 210 Å². The maximum atomic E-state index is 12.3. The Morgan fingerprint density at radius 3 is 2.31 bits per heavy atom. The zero-order valence-electron chi connectivity index (χ0n) is 20.6. The van der Waals surface area contributed by atoms with Gasteiger partial charge < -0.3 is 23.5 Å². The van der Waals surface area contributed by atoms with Gasteiger partial charge in [-0.1, -0.05) is 12.1 Å². The van der Waals surface area contributed by atoms with Gasteiger partial charge in [-0.05, 0) is 59.7 Å². The van der Waals surface area contributed by atoms with Crippen molar-refractivity contribution in [2.24, 2.45) is 0 Å². The van der Waals surface area contributed by atoms with E-state index in [2.05, 4.69) is 21.9 Å². The molecular formula is C29H30N2O5. The average Bonchev–Trinajstić information content (AvgIpc) is 2.92. The molecule has 3 aromatic carbocycles. The third-order valence-electron chi connectivity index (χ3n) is 6.55. The standard InChI is InChI=1S/C29H30N2O5/c1-33-24-8-6-23(7-9-24)31-14-12-30(13-15-31)19-22-17-29(32)36-28-18-26(10-11-27(22)28)35-20-21-4-3-5-25(16-21)34-2/h3-11,16-18H,12-15,19-20H2,1-2H3. The van der Waals surface area contributed by atoms with E-state index < -0.39 is 0 Å². The van der Waals surface area contributed by atoms with Crippen molar-refractivity contribution in [1.82, 2.24) is 4.90 Å². The summed E-state index contributed by atoms with van der Waals surface area (Å²) >= 11 is 0. The monoisotopic (exact) mass is 486 g/mol. The molecule has 5 rings (SSSR count). The maximum Gasteiger partial charge on any atom is 0.336 e. The summed E-state index contributed by atoms with van der Waals surface area (Å²) in [5.74, 6) is 2.30. The molecule has 1 aromatic heterocycles. The fourth-order valence-electron chi connectivity index (χ4n) is 4.56. The fourth-order valence-corrected chi connectivity index (χ4v) is 4.56. The van der Waals surface area contributed by atoms with E-state index in [1.807, 2.05) is 48.5 Å².